The molecule has 1 N–H and O–H groups in total. The van der Waals surface area contributed by atoms with Crippen molar-refractivity contribution in [3.05, 3.63) is 108 Å². The lowest BCUT2D eigenvalue weighted by Gasteiger charge is -2.34. The number of ether oxygens (including phenoxy) is 4. The molecule has 1 atom stereocenters. The van der Waals surface area contributed by atoms with Crippen LogP contribution in [0.25, 0.3) is 0 Å². The van der Waals surface area contributed by atoms with E-state index in [2.05, 4.69) is 5.32 Å². The second-order valence-corrected chi connectivity index (χ2v) is 14.3. The third-order valence-electron chi connectivity index (χ3n) is 8.27. The SMILES string of the molecule is COc1ccc(OC)c(N(CC(=O)N(Cc2cccc(C)c2)[C@@H](Cc2ccccc2)C(=O)NCC(C)C)S(=O)(=O)c2ccc(OC)c(OC)c2)c1. The molecule has 0 heterocycles. The molecular weight excluding hydrogens is 671 g/mol. The summed E-state index contributed by atoms with van der Waals surface area (Å²) in [4.78, 5) is 30.2. The molecule has 0 radical (unpaired) electrons. The zero-order valence-corrected chi connectivity index (χ0v) is 31.0. The van der Waals surface area contributed by atoms with Crippen LogP contribution in [0.4, 0.5) is 5.69 Å². The molecule has 0 aliphatic heterocycles. The lowest BCUT2D eigenvalue weighted by molar-refractivity contribution is -0.140. The molecule has 0 bridgehead atoms. The number of hydrogen-bond donors (Lipinski definition) is 1. The molecule has 0 aliphatic rings. The van der Waals surface area contributed by atoms with E-state index < -0.39 is 28.5 Å². The molecule has 51 heavy (non-hydrogen) atoms. The predicted octanol–water partition coefficient (Wildman–Crippen LogP) is 5.64. The Balaban J connectivity index is 1.89. The molecule has 0 aliphatic carbocycles. The van der Waals surface area contributed by atoms with Crippen molar-refractivity contribution < 1.29 is 37.0 Å². The van der Waals surface area contributed by atoms with Gasteiger partial charge in [-0.2, -0.15) is 0 Å². The van der Waals surface area contributed by atoms with E-state index in [1.54, 1.807) is 12.1 Å². The third kappa shape index (κ3) is 9.72. The van der Waals surface area contributed by atoms with Gasteiger partial charge < -0.3 is 29.2 Å². The summed E-state index contributed by atoms with van der Waals surface area (Å²) in [5.74, 6) is 0.264. The maximum atomic E-state index is 14.9. The Morgan fingerprint density at radius 2 is 1.41 bits per heavy atom. The summed E-state index contributed by atoms with van der Waals surface area (Å²) in [5, 5.41) is 3.01. The summed E-state index contributed by atoms with van der Waals surface area (Å²) in [7, 11) is 1.23. The molecule has 0 saturated carbocycles. The summed E-state index contributed by atoms with van der Waals surface area (Å²) in [6.45, 7) is 5.69. The molecule has 11 nitrogen and oxygen atoms in total. The first-order valence-electron chi connectivity index (χ1n) is 16.5. The van der Waals surface area contributed by atoms with E-state index in [-0.39, 0.29) is 46.9 Å². The van der Waals surface area contributed by atoms with Crippen LogP contribution in [0.2, 0.25) is 0 Å². The zero-order valence-electron chi connectivity index (χ0n) is 30.2. The number of methoxy groups -OCH3 is 4. The van der Waals surface area contributed by atoms with Crippen LogP contribution < -0.4 is 28.6 Å². The Labute approximate surface area is 301 Å². The van der Waals surface area contributed by atoms with Gasteiger partial charge in [-0.05, 0) is 48.2 Å². The molecular formula is C39H47N3O8S. The Bertz CT molecular complexity index is 1900. The number of aryl methyl sites for hydroxylation is 1. The van der Waals surface area contributed by atoms with Crippen LogP contribution >= 0.6 is 0 Å². The van der Waals surface area contributed by atoms with Crippen LogP contribution in [0.15, 0.2) is 95.9 Å². The lowest BCUT2D eigenvalue weighted by Crippen LogP contribution is -2.53. The van der Waals surface area contributed by atoms with E-state index in [4.69, 9.17) is 18.9 Å². The molecule has 0 fully saturated rings. The third-order valence-corrected chi connectivity index (χ3v) is 10.0. The van der Waals surface area contributed by atoms with Crippen LogP contribution in [-0.4, -0.2) is 72.7 Å². The molecule has 4 aromatic carbocycles. The van der Waals surface area contributed by atoms with E-state index in [1.165, 1.54) is 57.6 Å². The Kier molecular flexibility index (Phi) is 13.3. The van der Waals surface area contributed by atoms with Crippen molar-refractivity contribution >= 4 is 27.5 Å². The summed E-state index contributed by atoms with van der Waals surface area (Å²) in [6.07, 6.45) is 0.202. The molecule has 272 valence electrons. The van der Waals surface area contributed by atoms with Crippen molar-refractivity contribution in [3.63, 3.8) is 0 Å². The van der Waals surface area contributed by atoms with Gasteiger partial charge in [0.25, 0.3) is 10.0 Å². The van der Waals surface area contributed by atoms with Gasteiger partial charge in [-0.1, -0.05) is 74.0 Å². The predicted molar refractivity (Wildman–Crippen MR) is 197 cm³/mol. The summed E-state index contributed by atoms with van der Waals surface area (Å²) in [5.41, 5.74) is 2.67. The van der Waals surface area contributed by atoms with Crippen LogP contribution in [0.3, 0.4) is 0 Å². The molecule has 12 heteroatoms. The van der Waals surface area contributed by atoms with E-state index in [1.807, 2.05) is 75.4 Å². The minimum absolute atomic E-state index is 0.0482. The Morgan fingerprint density at radius 3 is 2.04 bits per heavy atom. The number of benzene rings is 4. The Hall–Kier alpha value is -5.23. The van der Waals surface area contributed by atoms with Gasteiger partial charge in [-0.3, -0.25) is 13.9 Å². The maximum absolute atomic E-state index is 14.9. The van der Waals surface area contributed by atoms with Crippen molar-refractivity contribution in [2.24, 2.45) is 5.92 Å². The highest BCUT2D eigenvalue weighted by Crippen LogP contribution is 2.38. The van der Waals surface area contributed by atoms with Crippen LogP contribution in [0.5, 0.6) is 23.0 Å². The van der Waals surface area contributed by atoms with E-state index in [0.717, 1.165) is 21.0 Å². The molecule has 4 aromatic rings. The van der Waals surface area contributed by atoms with Crippen molar-refractivity contribution in [2.45, 2.75) is 44.7 Å². The number of hydrogen-bond acceptors (Lipinski definition) is 8. The van der Waals surface area contributed by atoms with Gasteiger partial charge in [0, 0.05) is 31.6 Å². The number of carbonyl (C=O) groups excluding carboxylic acids is 2. The summed E-state index contributed by atoms with van der Waals surface area (Å²) >= 11 is 0. The van der Waals surface area contributed by atoms with Gasteiger partial charge in [-0.15, -0.1) is 0 Å². The van der Waals surface area contributed by atoms with Crippen LogP contribution in [0.1, 0.15) is 30.5 Å². The molecule has 0 saturated heterocycles. The summed E-state index contributed by atoms with van der Waals surface area (Å²) in [6, 6.07) is 25.0. The van der Waals surface area contributed by atoms with Gasteiger partial charge >= 0.3 is 0 Å². The molecule has 2 amide bonds. The summed E-state index contributed by atoms with van der Waals surface area (Å²) < 4.78 is 52.2. The minimum atomic E-state index is -4.49. The van der Waals surface area contributed by atoms with Gasteiger partial charge in [0.05, 0.1) is 39.0 Å². The quantitative estimate of drug-likeness (QED) is 0.149. The standard InChI is InChI=1S/C39H47N3O8S/c1-27(2)24-40-39(44)34(21-29-13-9-8-10-14-29)41(25-30-15-11-12-28(3)20-30)38(43)26-42(33-22-31(47-4)16-18-35(33)48-5)51(45,46)32-17-19-36(49-6)37(23-32)50-7/h8-20,22-23,27,34H,21,24-26H2,1-7H3,(H,40,44)/t34-/m0/s1. The number of nitrogens with one attached hydrogen (secondary N) is 1. The first kappa shape index (κ1) is 38.6. The fourth-order valence-corrected chi connectivity index (χ4v) is 7.03. The van der Waals surface area contributed by atoms with Crippen molar-refractivity contribution in [1.82, 2.24) is 10.2 Å². The van der Waals surface area contributed by atoms with Crippen molar-refractivity contribution in [2.75, 3.05) is 45.8 Å². The van der Waals surface area contributed by atoms with Crippen LogP contribution in [0, 0.1) is 12.8 Å². The van der Waals surface area contributed by atoms with Gasteiger partial charge in [0.15, 0.2) is 11.5 Å². The second-order valence-electron chi connectivity index (χ2n) is 12.4. The highest BCUT2D eigenvalue weighted by Gasteiger charge is 2.36. The van der Waals surface area contributed by atoms with Gasteiger partial charge in [-0.25, -0.2) is 8.42 Å². The highest BCUT2D eigenvalue weighted by molar-refractivity contribution is 7.92. The maximum Gasteiger partial charge on any atom is 0.265 e. The number of amides is 2. The molecule has 0 unspecified atom stereocenters. The number of carbonyl (C=O) groups is 2. The topological polar surface area (TPSA) is 124 Å². The second kappa shape index (κ2) is 17.6. The Morgan fingerprint density at radius 1 is 0.745 bits per heavy atom. The largest absolute Gasteiger partial charge is 0.497 e. The van der Waals surface area contributed by atoms with Crippen molar-refractivity contribution in [1.29, 1.82) is 0 Å². The fourth-order valence-electron chi connectivity index (χ4n) is 5.59. The zero-order chi connectivity index (χ0) is 37.1. The average Bonchev–Trinajstić information content (AvgIpc) is 3.13. The van der Waals surface area contributed by atoms with E-state index in [0.29, 0.717) is 18.0 Å². The highest BCUT2D eigenvalue weighted by atomic mass is 32.2. The molecule has 4 rings (SSSR count). The van der Waals surface area contributed by atoms with Gasteiger partial charge in [0.1, 0.15) is 24.1 Å². The van der Waals surface area contributed by atoms with Crippen LogP contribution in [-0.2, 0) is 32.6 Å². The molecule has 0 spiro atoms. The van der Waals surface area contributed by atoms with Gasteiger partial charge in [0.2, 0.25) is 11.8 Å². The fraction of sp³-hybridized carbons (Fsp3) is 0.333. The number of nitrogens with zero attached hydrogens (tertiary/aromatic N) is 2. The average molecular weight is 718 g/mol. The minimum Gasteiger partial charge on any atom is -0.497 e. The number of anilines is 1. The number of rotatable bonds is 17. The number of sulfonamides is 1. The normalized spacial score (nSPS) is 11.8. The van der Waals surface area contributed by atoms with E-state index >= 15 is 0 Å². The first-order valence-corrected chi connectivity index (χ1v) is 18.0. The van der Waals surface area contributed by atoms with E-state index in [9.17, 15) is 18.0 Å². The molecule has 0 aromatic heterocycles. The monoisotopic (exact) mass is 717 g/mol. The lowest BCUT2D eigenvalue weighted by atomic mass is 10.0. The van der Waals surface area contributed by atoms with Crippen molar-refractivity contribution in [3.8, 4) is 23.0 Å². The first-order chi connectivity index (χ1) is 24.4. The smallest absolute Gasteiger partial charge is 0.265 e.